The summed E-state index contributed by atoms with van der Waals surface area (Å²) in [5, 5.41) is 12.7. The summed E-state index contributed by atoms with van der Waals surface area (Å²) in [6.07, 6.45) is 1.77. The van der Waals surface area contributed by atoms with Gasteiger partial charge >= 0.3 is 0 Å². The smallest absolute Gasteiger partial charge is 0.217 e. The molecule has 2 rings (SSSR count). The van der Waals surface area contributed by atoms with E-state index in [4.69, 9.17) is 16.9 Å². The minimum atomic E-state index is 0.0129. The van der Waals surface area contributed by atoms with Crippen molar-refractivity contribution in [1.29, 1.82) is 5.26 Å². The summed E-state index contributed by atoms with van der Waals surface area (Å²) < 4.78 is 0. The van der Waals surface area contributed by atoms with Crippen LogP contribution in [0.1, 0.15) is 25.3 Å². The maximum atomic E-state index is 11.0. The van der Waals surface area contributed by atoms with Crippen LogP contribution in [0.3, 0.4) is 0 Å². The Balaban J connectivity index is 2.07. The van der Waals surface area contributed by atoms with E-state index < -0.39 is 0 Å². The molecular weight excluding hydrogens is 262 g/mol. The average Bonchev–Trinajstić information content (AvgIpc) is 2.39. The first-order valence-corrected chi connectivity index (χ1v) is 6.69. The molecule has 1 aliphatic rings. The number of nitriles is 1. The number of hydrogen-bond acceptors (Lipinski definition) is 3. The van der Waals surface area contributed by atoms with Crippen LogP contribution in [0.25, 0.3) is 0 Å². The number of carbonyl (C=O) groups is 1. The van der Waals surface area contributed by atoms with Crippen LogP contribution in [0.4, 0.5) is 5.69 Å². The molecule has 0 unspecified atom stereocenters. The maximum Gasteiger partial charge on any atom is 0.217 e. The fourth-order valence-electron chi connectivity index (χ4n) is 2.41. The van der Waals surface area contributed by atoms with E-state index in [0.717, 1.165) is 31.6 Å². The first-order chi connectivity index (χ1) is 9.10. The summed E-state index contributed by atoms with van der Waals surface area (Å²) in [7, 11) is 0. The lowest BCUT2D eigenvalue weighted by molar-refractivity contribution is -0.119. The molecule has 1 amide bonds. The molecule has 0 bridgehead atoms. The van der Waals surface area contributed by atoms with Gasteiger partial charge in [-0.3, -0.25) is 4.79 Å². The molecule has 0 radical (unpaired) electrons. The van der Waals surface area contributed by atoms with Crippen molar-refractivity contribution in [1.82, 2.24) is 5.32 Å². The van der Waals surface area contributed by atoms with Crippen molar-refractivity contribution >= 4 is 23.2 Å². The molecule has 0 aromatic heterocycles. The molecule has 100 valence electrons. The van der Waals surface area contributed by atoms with E-state index in [0.29, 0.717) is 10.6 Å². The van der Waals surface area contributed by atoms with Gasteiger partial charge in [0.05, 0.1) is 11.3 Å². The van der Waals surface area contributed by atoms with E-state index >= 15 is 0 Å². The van der Waals surface area contributed by atoms with Crippen molar-refractivity contribution in [2.75, 3.05) is 18.0 Å². The number of benzene rings is 1. The fraction of sp³-hybridized carbons (Fsp3) is 0.429. The Morgan fingerprint density at radius 1 is 1.47 bits per heavy atom. The zero-order chi connectivity index (χ0) is 13.8. The van der Waals surface area contributed by atoms with Crippen LogP contribution in [0, 0.1) is 11.3 Å². The van der Waals surface area contributed by atoms with E-state index in [-0.39, 0.29) is 11.9 Å². The van der Waals surface area contributed by atoms with Gasteiger partial charge < -0.3 is 10.2 Å². The number of nitrogens with one attached hydrogen (secondary N) is 1. The summed E-state index contributed by atoms with van der Waals surface area (Å²) in [5.74, 6) is 0.0129. The van der Waals surface area contributed by atoms with Crippen LogP contribution >= 0.6 is 11.6 Å². The zero-order valence-electron chi connectivity index (χ0n) is 10.8. The number of carbonyl (C=O) groups excluding carboxylic acids is 1. The van der Waals surface area contributed by atoms with Gasteiger partial charge in [-0.1, -0.05) is 11.6 Å². The van der Waals surface area contributed by atoms with Gasteiger partial charge in [-0.2, -0.15) is 5.26 Å². The van der Waals surface area contributed by atoms with Crippen LogP contribution < -0.4 is 10.2 Å². The predicted molar refractivity (Wildman–Crippen MR) is 75.2 cm³/mol. The third kappa shape index (κ3) is 3.39. The Bertz CT molecular complexity index is 516. The number of rotatable bonds is 2. The van der Waals surface area contributed by atoms with Crippen molar-refractivity contribution in [3.05, 3.63) is 28.8 Å². The molecule has 1 aliphatic heterocycles. The van der Waals surface area contributed by atoms with Crippen molar-refractivity contribution in [2.24, 2.45) is 0 Å². The fourth-order valence-corrected chi connectivity index (χ4v) is 2.58. The van der Waals surface area contributed by atoms with Crippen molar-refractivity contribution in [3.63, 3.8) is 0 Å². The normalized spacial score (nSPS) is 15.9. The molecule has 0 saturated carbocycles. The summed E-state index contributed by atoms with van der Waals surface area (Å²) in [6.45, 7) is 3.18. The number of piperidine rings is 1. The summed E-state index contributed by atoms with van der Waals surface area (Å²) in [6, 6.07) is 7.74. The Hall–Kier alpha value is -1.73. The van der Waals surface area contributed by atoms with E-state index in [1.807, 2.05) is 6.07 Å². The molecule has 1 aromatic carbocycles. The molecule has 0 atom stereocenters. The monoisotopic (exact) mass is 277 g/mol. The van der Waals surface area contributed by atoms with Gasteiger partial charge in [-0.15, -0.1) is 0 Å². The van der Waals surface area contributed by atoms with E-state index in [2.05, 4.69) is 16.3 Å². The van der Waals surface area contributed by atoms with Gasteiger partial charge in [-0.05, 0) is 31.0 Å². The average molecular weight is 278 g/mol. The molecular formula is C14H16ClN3O. The Labute approximate surface area is 118 Å². The maximum absolute atomic E-state index is 11.0. The minimum absolute atomic E-state index is 0.0129. The second-order valence-electron chi connectivity index (χ2n) is 4.74. The molecule has 0 aliphatic carbocycles. The number of hydrogen-bond donors (Lipinski definition) is 1. The van der Waals surface area contributed by atoms with Gasteiger partial charge in [0.2, 0.25) is 5.91 Å². The molecule has 1 heterocycles. The number of nitrogens with zero attached hydrogens (tertiary/aromatic N) is 2. The van der Waals surface area contributed by atoms with Gasteiger partial charge in [0, 0.05) is 31.1 Å². The summed E-state index contributed by atoms with van der Waals surface area (Å²) >= 11 is 6.00. The quantitative estimate of drug-likeness (QED) is 0.903. The van der Waals surface area contributed by atoms with Gasteiger partial charge in [0.15, 0.2) is 0 Å². The molecule has 1 aromatic rings. The topological polar surface area (TPSA) is 56.1 Å². The summed E-state index contributed by atoms with van der Waals surface area (Å²) in [4.78, 5) is 13.2. The molecule has 1 N–H and O–H groups in total. The standard InChI is InChI=1S/C14H16ClN3O/c1-10(19)17-13-4-6-18(7-5-13)14-8-12(15)3-2-11(14)9-16/h2-3,8,13H,4-7H2,1H3,(H,17,19). The SMILES string of the molecule is CC(=O)NC1CCN(c2cc(Cl)ccc2C#N)CC1. The van der Waals surface area contributed by atoms with Gasteiger partial charge in [-0.25, -0.2) is 0 Å². The van der Waals surface area contributed by atoms with Crippen molar-refractivity contribution in [3.8, 4) is 6.07 Å². The highest BCUT2D eigenvalue weighted by atomic mass is 35.5. The number of halogens is 1. The first-order valence-electron chi connectivity index (χ1n) is 6.32. The van der Waals surface area contributed by atoms with Crippen LogP contribution in [-0.4, -0.2) is 25.0 Å². The molecule has 0 spiro atoms. The lowest BCUT2D eigenvalue weighted by Crippen LogP contribution is -2.44. The molecule has 1 fully saturated rings. The molecule has 1 saturated heterocycles. The largest absolute Gasteiger partial charge is 0.370 e. The zero-order valence-corrected chi connectivity index (χ0v) is 11.6. The van der Waals surface area contributed by atoms with Crippen LogP contribution in [0.15, 0.2) is 18.2 Å². The number of anilines is 1. The lowest BCUT2D eigenvalue weighted by Gasteiger charge is -2.34. The third-order valence-electron chi connectivity index (χ3n) is 3.32. The predicted octanol–water partition coefficient (Wildman–Crippen LogP) is 2.32. The Morgan fingerprint density at radius 2 is 2.16 bits per heavy atom. The highest BCUT2D eigenvalue weighted by Crippen LogP contribution is 2.27. The summed E-state index contributed by atoms with van der Waals surface area (Å²) in [5.41, 5.74) is 1.53. The third-order valence-corrected chi connectivity index (χ3v) is 3.56. The van der Waals surface area contributed by atoms with Crippen molar-refractivity contribution < 1.29 is 4.79 Å². The Morgan fingerprint density at radius 3 is 2.74 bits per heavy atom. The van der Waals surface area contributed by atoms with Gasteiger partial charge in [0.1, 0.15) is 6.07 Å². The Kier molecular flexibility index (Phi) is 4.28. The molecule has 19 heavy (non-hydrogen) atoms. The van der Waals surface area contributed by atoms with Crippen LogP contribution in [0.5, 0.6) is 0 Å². The lowest BCUT2D eigenvalue weighted by atomic mass is 10.0. The van der Waals surface area contributed by atoms with Crippen LogP contribution in [0.2, 0.25) is 5.02 Å². The van der Waals surface area contributed by atoms with Crippen LogP contribution in [-0.2, 0) is 4.79 Å². The first kappa shape index (κ1) is 13.7. The second kappa shape index (κ2) is 5.94. The van der Waals surface area contributed by atoms with E-state index in [1.165, 1.54) is 6.92 Å². The van der Waals surface area contributed by atoms with E-state index in [1.54, 1.807) is 12.1 Å². The number of amides is 1. The highest BCUT2D eigenvalue weighted by Gasteiger charge is 2.21. The second-order valence-corrected chi connectivity index (χ2v) is 5.17. The van der Waals surface area contributed by atoms with E-state index in [9.17, 15) is 4.79 Å². The van der Waals surface area contributed by atoms with Crippen molar-refractivity contribution in [2.45, 2.75) is 25.8 Å². The highest BCUT2D eigenvalue weighted by molar-refractivity contribution is 6.30. The van der Waals surface area contributed by atoms with Gasteiger partial charge in [0.25, 0.3) is 0 Å². The minimum Gasteiger partial charge on any atom is -0.370 e. The molecule has 4 nitrogen and oxygen atoms in total. The molecule has 5 heteroatoms.